The summed E-state index contributed by atoms with van der Waals surface area (Å²) in [5.41, 5.74) is 0. The monoisotopic (exact) mass is 224 g/mol. The molecular formula is H6O5Sc2Ti. The SMILES string of the molecule is O.O.O.[O]=[Ti]=[O].[Sc].[Sc]. The molecular weight excluding hydrogens is 218 g/mol. The zero-order valence-corrected chi connectivity index (χ0v) is 9.14. The van der Waals surface area contributed by atoms with Crippen molar-refractivity contribution in [3.8, 4) is 0 Å². The van der Waals surface area contributed by atoms with Crippen LogP contribution in [0, 0.1) is 0 Å². The Morgan fingerprint density at radius 2 is 0.750 bits per heavy atom. The summed E-state index contributed by atoms with van der Waals surface area (Å²) in [4.78, 5) is 0. The van der Waals surface area contributed by atoms with Gasteiger partial charge in [-0.3, -0.25) is 0 Å². The quantitative estimate of drug-likeness (QED) is 0.414. The predicted octanol–water partition coefficient (Wildman–Crippen LogP) is -2.72. The Labute approximate surface area is 92.7 Å². The molecule has 46 valence electrons. The fourth-order valence-electron chi connectivity index (χ4n) is 0. The minimum Gasteiger partial charge on any atom is 0 e. The largest absolute Gasteiger partial charge is 0 e. The average molecular weight is 224 g/mol. The third kappa shape index (κ3) is 102. The molecule has 0 unspecified atom stereocenters. The van der Waals surface area contributed by atoms with Crippen LogP contribution in [-0.2, 0) is 77.4 Å². The van der Waals surface area contributed by atoms with Gasteiger partial charge in [-0.25, -0.2) is 0 Å². The standard InChI is InChI=1S/3H2O.2O.2Sc.Ti/h3*1H2;;;;;. The maximum absolute atomic E-state index is 8.50. The smallest absolute Gasteiger partial charge is 0 e. The molecule has 6 N–H and O–H groups in total. The van der Waals surface area contributed by atoms with Crippen molar-refractivity contribution in [2.75, 3.05) is 0 Å². The molecule has 0 heterocycles. The summed E-state index contributed by atoms with van der Waals surface area (Å²) in [6.07, 6.45) is 0. The second-order valence-electron chi connectivity index (χ2n) is 0.0833. The van der Waals surface area contributed by atoms with Gasteiger partial charge in [-0.05, 0) is 0 Å². The van der Waals surface area contributed by atoms with E-state index >= 15 is 0 Å². The van der Waals surface area contributed by atoms with Crippen molar-refractivity contribution in [2.45, 2.75) is 0 Å². The van der Waals surface area contributed by atoms with Crippen LogP contribution in [0.25, 0.3) is 0 Å². The Morgan fingerprint density at radius 3 is 0.750 bits per heavy atom. The van der Waals surface area contributed by atoms with Crippen molar-refractivity contribution in [2.24, 2.45) is 0 Å². The molecule has 0 saturated carbocycles. The van der Waals surface area contributed by atoms with Gasteiger partial charge in [-0.15, -0.1) is 0 Å². The minimum absolute atomic E-state index is 0. The van der Waals surface area contributed by atoms with E-state index in [1.165, 1.54) is 0 Å². The van der Waals surface area contributed by atoms with Crippen molar-refractivity contribution < 1.29 is 93.9 Å². The fourth-order valence-corrected chi connectivity index (χ4v) is 0. The topological polar surface area (TPSA) is 129 Å². The molecule has 0 amide bonds. The van der Waals surface area contributed by atoms with Gasteiger partial charge in [0.25, 0.3) is 0 Å². The van der Waals surface area contributed by atoms with Crippen LogP contribution in [-0.4, -0.2) is 16.4 Å². The summed E-state index contributed by atoms with van der Waals surface area (Å²) in [6.45, 7) is 0. The fraction of sp³-hybridized carbons (Fsp3) is 0. The molecule has 0 spiro atoms. The van der Waals surface area contributed by atoms with E-state index in [2.05, 4.69) is 0 Å². The van der Waals surface area contributed by atoms with Crippen molar-refractivity contribution in [1.29, 1.82) is 0 Å². The van der Waals surface area contributed by atoms with Crippen LogP contribution in [0.1, 0.15) is 0 Å². The summed E-state index contributed by atoms with van der Waals surface area (Å²) in [6, 6.07) is 0. The van der Waals surface area contributed by atoms with Gasteiger partial charge >= 0.3 is 25.7 Å². The first-order chi connectivity index (χ1) is 1.41. The van der Waals surface area contributed by atoms with Gasteiger partial charge in [-0.2, -0.15) is 0 Å². The molecule has 0 aromatic carbocycles. The van der Waals surface area contributed by atoms with E-state index in [1.54, 1.807) is 0 Å². The molecule has 0 atom stereocenters. The van der Waals surface area contributed by atoms with Gasteiger partial charge in [0.05, 0.1) is 0 Å². The van der Waals surface area contributed by atoms with Crippen LogP contribution in [0.15, 0.2) is 0 Å². The molecule has 0 rings (SSSR count). The summed E-state index contributed by atoms with van der Waals surface area (Å²) in [7, 11) is 0. The summed E-state index contributed by atoms with van der Waals surface area (Å²) >= 11 is -2.00. The molecule has 2 radical (unpaired) electrons. The van der Waals surface area contributed by atoms with E-state index < -0.39 is 19.1 Å². The van der Waals surface area contributed by atoms with E-state index in [-0.39, 0.29) is 68.1 Å². The van der Waals surface area contributed by atoms with Crippen molar-refractivity contribution >= 4 is 0 Å². The van der Waals surface area contributed by atoms with Crippen molar-refractivity contribution in [3.05, 3.63) is 0 Å². The second-order valence-corrected chi connectivity index (χ2v) is 0.344. The van der Waals surface area contributed by atoms with Crippen molar-refractivity contribution in [3.63, 3.8) is 0 Å². The Hall–Kier alpha value is 1.93. The van der Waals surface area contributed by atoms with Gasteiger partial charge in [-0.1, -0.05) is 0 Å². The molecule has 5 nitrogen and oxygen atoms in total. The predicted molar refractivity (Wildman–Crippen MR) is 12.2 cm³/mol. The van der Waals surface area contributed by atoms with Crippen LogP contribution in [0.4, 0.5) is 0 Å². The molecule has 0 saturated heterocycles. The number of hydrogen-bond donors (Lipinski definition) is 0. The first-order valence-electron chi connectivity index (χ1n) is 0.408. The van der Waals surface area contributed by atoms with Crippen LogP contribution >= 0.6 is 0 Å². The van der Waals surface area contributed by atoms with Crippen LogP contribution in [0.5, 0.6) is 0 Å². The Bertz CT molecular complexity index is 31.4. The molecule has 0 aromatic heterocycles. The maximum atomic E-state index is 8.50. The molecule has 8 heavy (non-hydrogen) atoms. The Kier molecular flexibility index (Phi) is 418. The van der Waals surface area contributed by atoms with Crippen LogP contribution in [0.2, 0.25) is 0 Å². The third-order valence-electron chi connectivity index (χ3n) is 0. The van der Waals surface area contributed by atoms with Crippen molar-refractivity contribution in [1.82, 2.24) is 0 Å². The van der Waals surface area contributed by atoms with Crippen LogP contribution < -0.4 is 0 Å². The molecule has 0 aliphatic rings. The van der Waals surface area contributed by atoms with E-state index in [0.29, 0.717) is 0 Å². The maximum Gasteiger partial charge on any atom is 0 e. The summed E-state index contributed by atoms with van der Waals surface area (Å²) in [5.74, 6) is 0. The van der Waals surface area contributed by atoms with E-state index in [0.717, 1.165) is 0 Å². The van der Waals surface area contributed by atoms with E-state index in [1.807, 2.05) is 0 Å². The molecule has 0 aromatic rings. The average Bonchev–Trinajstić information content (AvgIpc) is 0.918. The van der Waals surface area contributed by atoms with Gasteiger partial charge < -0.3 is 16.4 Å². The second kappa shape index (κ2) is 65.3. The molecule has 0 aliphatic carbocycles. The normalized spacial score (nSPS) is 1.00. The molecule has 0 bridgehead atoms. The van der Waals surface area contributed by atoms with Gasteiger partial charge in [0.15, 0.2) is 0 Å². The Morgan fingerprint density at radius 1 is 0.750 bits per heavy atom. The van der Waals surface area contributed by atoms with E-state index in [4.69, 9.17) is 6.65 Å². The molecule has 8 heteroatoms. The zero-order valence-electron chi connectivity index (χ0n) is 3.97. The minimum atomic E-state index is -2.00. The third-order valence-corrected chi connectivity index (χ3v) is 0. The number of rotatable bonds is 0. The number of hydrogen-bond acceptors (Lipinski definition) is 2. The first kappa shape index (κ1) is 51.2. The van der Waals surface area contributed by atoms with Gasteiger partial charge in [0, 0.05) is 51.7 Å². The van der Waals surface area contributed by atoms with Crippen LogP contribution in [0.3, 0.4) is 0 Å². The zero-order chi connectivity index (χ0) is 2.71. The Balaban J connectivity index is -0.00000000200. The summed E-state index contributed by atoms with van der Waals surface area (Å²) < 4.78 is 17.0. The van der Waals surface area contributed by atoms with E-state index in [9.17, 15) is 0 Å². The van der Waals surface area contributed by atoms with Gasteiger partial charge in [0.2, 0.25) is 0 Å². The molecule has 0 fully saturated rings. The first-order valence-corrected chi connectivity index (χ1v) is 1.68. The summed E-state index contributed by atoms with van der Waals surface area (Å²) in [5, 5.41) is 0. The molecule has 0 aliphatic heterocycles. The van der Waals surface area contributed by atoms with Gasteiger partial charge in [0.1, 0.15) is 0 Å².